The average Bonchev–Trinajstić information content (AvgIpc) is 2.19. The van der Waals surface area contributed by atoms with Gasteiger partial charge in [-0.15, -0.1) is 0 Å². The molecule has 7 heteroatoms. The SMILES string of the molecule is CCC(CC)C(=O)OP(=O)(O)O.CCNCC. The van der Waals surface area contributed by atoms with E-state index < -0.39 is 19.7 Å². The molecule has 0 unspecified atom stereocenters. The molecule has 0 fully saturated rings. The maximum atomic E-state index is 10.9. The number of carbonyl (C=O) groups excluding carboxylic acids is 1. The normalized spacial score (nSPS) is 10.8. The number of phosphoric ester groups is 1. The lowest BCUT2D eigenvalue weighted by Gasteiger charge is -2.11. The van der Waals surface area contributed by atoms with Crippen LogP contribution in [0.15, 0.2) is 0 Å². The molecule has 0 heterocycles. The van der Waals surface area contributed by atoms with Crippen LogP contribution in [0.3, 0.4) is 0 Å². The number of carbonyl (C=O) groups is 1. The Labute approximate surface area is 103 Å². The summed E-state index contributed by atoms with van der Waals surface area (Å²) in [5.74, 6) is -1.24. The molecule has 0 amide bonds. The van der Waals surface area contributed by atoms with Crippen molar-refractivity contribution in [3.05, 3.63) is 0 Å². The predicted molar refractivity (Wildman–Crippen MR) is 66.4 cm³/mol. The van der Waals surface area contributed by atoms with E-state index in [1.54, 1.807) is 13.8 Å². The Morgan fingerprint density at radius 2 is 1.59 bits per heavy atom. The zero-order valence-corrected chi connectivity index (χ0v) is 11.9. The van der Waals surface area contributed by atoms with Crippen molar-refractivity contribution in [3.63, 3.8) is 0 Å². The summed E-state index contributed by atoms with van der Waals surface area (Å²) in [4.78, 5) is 27.5. The van der Waals surface area contributed by atoms with Gasteiger partial charge in [0.25, 0.3) is 0 Å². The van der Waals surface area contributed by atoms with E-state index in [1.165, 1.54) is 0 Å². The number of phosphoric acid groups is 1. The van der Waals surface area contributed by atoms with Gasteiger partial charge in [-0.05, 0) is 25.9 Å². The van der Waals surface area contributed by atoms with E-state index >= 15 is 0 Å². The lowest BCUT2D eigenvalue weighted by atomic mass is 10.0. The van der Waals surface area contributed by atoms with Gasteiger partial charge in [-0.3, -0.25) is 14.6 Å². The molecule has 0 aromatic carbocycles. The molecule has 0 rings (SSSR count). The van der Waals surface area contributed by atoms with Gasteiger partial charge in [-0.2, -0.15) is 0 Å². The fraction of sp³-hybridized carbons (Fsp3) is 0.900. The van der Waals surface area contributed by atoms with E-state index in [9.17, 15) is 9.36 Å². The van der Waals surface area contributed by atoms with Crippen LogP contribution in [0.2, 0.25) is 0 Å². The minimum Gasteiger partial charge on any atom is -0.370 e. The molecule has 0 saturated heterocycles. The van der Waals surface area contributed by atoms with Crippen molar-refractivity contribution in [3.8, 4) is 0 Å². The van der Waals surface area contributed by atoms with Crippen LogP contribution < -0.4 is 5.32 Å². The standard InChI is InChI=1S/C6H13O5P.C4H11N/c1-3-5(4-2)6(7)11-12(8,9)10;1-3-5-4-2/h5H,3-4H2,1-2H3,(H2,8,9,10);5H,3-4H2,1-2H3. The lowest BCUT2D eigenvalue weighted by Crippen LogP contribution is -2.14. The van der Waals surface area contributed by atoms with Crippen LogP contribution in [0.1, 0.15) is 40.5 Å². The van der Waals surface area contributed by atoms with E-state index in [0.29, 0.717) is 12.8 Å². The molecule has 0 radical (unpaired) electrons. The van der Waals surface area contributed by atoms with Gasteiger partial charge in [0.15, 0.2) is 0 Å². The topological polar surface area (TPSA) is 95.9 Å². The second-order valence-corrected chi connectivity index (χ2v) is 4.54. The van der Waals surface area contributed by atoms with Gasteiger partial charge in [0, 0.05) is 0 Å². The molecule has 0 atom stereocenters. The minimum atomic E-state index is -4.65. The Hall–Kier alpha value is -0.420. The van der Waals surface area contributed by atoms with Gasteiger partial charge < -0.3 is 9.84 Å². The van der Waals surface area contributed by atoms with Gasteiger partial charge in [-0.25, -0.2) is 4.57 Å². The molecule has 0 aromatic rings. The first-order valence-electron chi connectivity index (χ1n) is 5.81. The molecule has 0 saturated carbocycles. The third-order valence-corrected chi connectivity index (χ3v) is 2.45. The zero-order valence-electron chi connectivity index (χ0n) is 11.0. The minimum absolute atomic E-state index is 0.419. The van der Waals surface area contributed by atoms with E-state index in [-0.39, 0.29) is 0 Å². The summed E-state index contributed by atoms with van der Waals surface area (Å²) in [5, 5.41) is 3.11. The Kier molecular flexibility index (Phi) is 11.9. The van der Waals surface area contributed by atoms with E-state index in [1.807, 2.05) is 0 Å². The van der Waals surface area contributed by atoms with E-state index in [0.717, 1.165) is 13.1 Å². The smallest absolute Gasteiger partial charge is 0.370 e. The largest absolute Gasteiger partial charge is 0.526 e. The van der Waals surface area contributed by atoms with Crippen LogP contribution in [0.4, 0.5) is 0 Å². The molecule has 17 heavy (non-hydrogen) atoms. The third-order valence-electron chi connectivity index (χ3n) is 2.03. The van der Waals surface area contributed by atoms with Crippen LogP contribution in [0.25, 0.3) is 0 Å². The second-order valence-electron chi connectivity index (χ2n) is 3.37. The zero-order chi connectivity index (χ0) is 13.9. The number of hydrogen-bond acceptors (Lipinski definition) is 4. The van der Waals surface area contributed by atoms with Crippen molar-refractivity contribution >= 4 is 13.8 Å². The molecular formula is C10H24NO5P. The van der Waals surface area contributed by atoms with Gasteiger partial charge >= 0.3 is 13.8 Å². The maximum absolute atomic E-state index is 10.9. The van der Waals surface area contributed by atoms with Crippen LogP contribution in [-0.4, -0.2) is 28.8 Å². The Balaban J connectivity index is 0. The Morgan fingerprint density at radius 3 is 1.76 bits per heavy atom. The Morgan fingerprint density at radius 1 is 1.18 bits per heavy atom. The first kappa shape index (κ1) is 18.9. The van der Waals surface area contributed by atoms with Gasteiger partial charge in [-0.1, -0.05) is 27.7 Å². The van der Waals surface area contributed by atoms with Crippen molar-refractivity contribution in [2.45, 2.75) is 40.5 Å². The van der Waals surface area contributed by atoms with Crippen LogP contribution in [-0.2, 0) is 13.9 Å². The highest BCUT2D eigenvalue weighted by Crippen LogP contribution is 2.37. The molecule has 6 nitrogen and oxygen atoms in total. The second kappa shape index (κ2) is 10.7. The molecule has 0 aromatic heterocycles. The fourth-order valence-electron chi connectivity index (χ4n) is 1.06. The summed E-state index contributed by atoms with van der Waals surface area (Å²) in [5.41, 5.74) is 0. The summed E-state index contributed by atoms with van der Waals surface area (Å²) in [6, 6.07) is 0. The third kappa shape index (κ3) is 13.5. The van der Waals surface area contributed by atoms with E-state index in [4.69, 9.17) is 9.79 Å². The highest BCUT2D eigenvalue weighted by Gasteiger charge is 2.25. The maximum Gasteiger partial charge on any atom is 0.526 e. The monoisotopic (exact) mass is 269 g/mol. The molecule has 0 aliphatic rings. The van der Waals surface area contributed by atoms with Gasteiger partial charge in [0.2, 0.25) is 0 Å². The summed E-state index contributed by atoms with van der Waals surface area (Å²) >= 11 is 0. The van der Waals surface area contributed by atoms with Crippen molar-refractivity contribution in [2.75, 3.05) is 13.1 Å². The van der Waals surface area contributed by atoms with Crippen molar-refractivity contribution in [1.29, 1.82) is 0 Å². The quantitative estimate of drug-likeness (QED) is 0.635. The molecule has 0 aliphatic heterocycles. The van der Waals surface area contributed by atoms with E-state index in [2.05, 4.69) is 23.7 Å². The Bertz CT molecular complexity index is 235. The number of hydrogen-bond donors (Lipinski definition) is 3. The average molecular weight is 269 g/mol. The molecule has 104 valence electrons. The van der Waals surface area contributed by atoms with Crippen LogP contribution >= 0.6 is 7.82 Å². The van der Waals surface area contributed by atoms with Gasteiger partial charge in [0.05, 0.1) is 5.92 Å². The highest BCUT2D eigenvalue weighted by atomic mass is 31.2. The summed E-state index contributed by atoms with van der Waals surface area (Å²) in [6.07, 6.45) is 1.05. The van der Waals surface area contributed by atoms with Crippen molar-refractivity contribution < 1.29 is 23.7 Å². The lowest BCUT2D eigenvalue weighted by molar-refractivity contribution is -0.140. The first-order chi connectivity index (χ1) is 7.82. The van der Waals surface area contributed by atoms with Crippen molar-refractivity contribution in [2.24, 2.45) is 5.92 Å². The molecular weight excluding hydrogens is 245 g/mol. The summed E-state index contributed by atoms with van der Waals surface area (Å²) in [6.45, 7) is 9.91. The van der Waals surface area contributed by atoms with Crippen molar-refractivity contribution in [1.82, 2.24) is 5.32 Å². The van der Waals surface area contributed by atoms with Gasteiger partial charge in [0.1, 0.15) is 0 Å². The molecule has 3 N–H and O–H groups in total. The first-order valence-corrected chi connectivity index (χ1v) is 7.34. The summed E-state index contributed by atoms with van der Waals surface area (Å²) < 4.78 is 14.1. The predicted octanol–water partition coefficient (Wildman–Crippen LogP) is 1.67. The fourth-order valence-corrected chi connectivity index (χ4v) is 1.45. The molecule has 0 aliphatic carbocycles. The highest BCUT2D eigenvalue weighted by molar-refractivity contribution is 7.46. The van der Waals surface area contributed by atoms with Crippen LogP contribution in [0.5, 0.6) is 0 Å². The molecule has 0 bridgehead atoms. The summed E-state index contributed by atoms with van der Waals surface area (Å²) in [7, 11) is -4.65. The number of rotatable bonds is 6. The van der Waals surface area contributed by atoms with Crippen LogP contribution in [0, 0.1) is 5.92 Å². The molecule has 0 spiro atoms. The number of nitrogens with one attached hydrogen (secondary N) is 1.